The number of esters is 1. The van der Waals surface area contributed by atoms with Crippen molar-refractivity contribution in [2.45, 2.75) is 25.9 Å². The molecule has 3 aromatic heterocycles. The first-order valence-electron chi connectivity index (χ1n) is 8.09. The molecular weight excluding hydrogens is 386 g/mol. The number of thioether (sulfide) groups is 1. The summed E-state index contributed by atoms with van der Waals surface area (Å²) in [5, 5.41) is 9.84. The van der Waals surface area contributed by atoms with E-state index in [1.54, 1.807) is 25.3 Å². The number of H-pyrrole nitrogens is 1. The number of amides is 1. The van der Waals surface area contributed by atoms with E-state index >= 15 is 0 Å². The van der Waals surface area contributed by atoms with Crippen molar-refractivity contribution in [3.05, 3.63) is 40.4 Å². The zero-order valence-corrected chi connectivity index (χ0v) is 16.5. The molecule has 140 valence electrons. The largest absolute Gasteiger partial charge is 0.462 e. The Balaban J connectivity index is 1.73. The monoisotopic (exact) mass is 403 g/mol. The summed E-state index contributed by atoms with van der Waals surface area (Å²) in [7, 11) is 0. The van der Waals surface area contributed by atoms with Gasteiger partial charge >= 0.3 is 5.97 Å². The molecule has 10 heteroatoms. The van der Waals surface area contributed by atoms with E-state index in [9.17, 15) is 9.59 Å². The predicted molar refractivity (Wildman–Crippen MR) is 104 cm³/mol. The molecule has 27 heavy (non-hydrogen) atoms. The van der Waals surface area contributed by atoms with Gasteiger partial charge in [0.2, 0.25) is 5.16 Å². The van der Waals surface area contributed by atoms with E-state index in [4.69, 9.17) is 4.74 Å². The lowest BCUT2D eigenvalue weighted by Crippen LogP contribution is -2.11. The summed E-state index contributed by atoms with van der Waals surface area (Å²) >= 11 is 2.16. The highest BCUT2D eigenvalue weighted by Crippen LogP contribution is 2.34. The van der Waals surface area contributed by atoms with Gasteiger partial charge < -0.3 is 10.1 Å². The summed E-state index contributed by atoms with van der Waals surface area (Å²) in [4.78, 5) is 33.9. The van der Waals surface area contributed by atoms with Gasteiger partial charge in [-0.15, -0.1) is 16.4 Å². The standard InChI is InChI=1S/C17H17N5O3S2/c1-4-25-15(23)12-9(2)10(3)26-14(12)20-17(24)27-16-19-13(21-22-16)11-7-5-6-8-18-11/h5-8H,4H2,1-3H3,(H,20,24)(H,19,21,22). The van der Waals surface area contributed by atoms with Crippen molar-refractivity contribution in [1.82, 2.24) is 20.2 Å². The molecule has 0 aliphatic carbocycles. The number of carbonyl (C=O) groups is 2. The molecule has 3 heterocycles. The molecule has 0 bridgehead atoms. The Kier molecular flexibility index (Phi) is 5.87. The molecule has 0 aliphatic heterocycles. The van der Waals surface area contributed by atoms with Crippen molar-refractivity contribution in [3.8, 4) is 11.5 Å². The minimum atomic E-state index is -0.449. The van der Waals surface area contributed by atoms with Crippen molar-refractivity contribution in [3.63, 3.8) is 0 Å². The van der Waals surface area contributed by atoms with E-state index in [1.165, 1.54) is 11.3 Å². The van der Waals surface area contributed by atoms with Crippen LogP contribution in [-0.4, -0.2) is 38.0 Å². The SMILES string of the molecule is CCOC(=O)c1c(NC(=O)Sc2n[nH]c(-c3ccccn3)n2)sc(C)c1C. The number of ether oxygens (including phenoxy) is 1. The van der Waals surface area contributed by atoms with E-state index in [-0.39, 0.29) is 11.8 Å². The third kappa shape index (κ3) is 4.34. The van der Waals surface area contributed by atoms with E-state index in [2.05, 4.69) is 25.5 Å². The van der Waals surface area contributed by atoms with Gasteiger partial charge in [-0.05, 0) is 38.5 Å². The molecule has 0 spiro atoms. The average Bonchev–Trinajstić information content (AvgIpc) is 3.21. The Bertz CT molecular complexity index is 968. The molecule has 0 radical (unpaired) electrons. The first-order valence-corrected chi connectivity index (χ1v) is 9.72. The highest BCUT2D eigenvalue weighted by atomic mass is 32.2. The first-order chi connectivity index (χ1) is 13.0. The van der Waals surface area contributed by atoms with E-state index in [1.807, 2.05) is 19.9 Å². The molecule has 0 atom stereocenters. The van der Waals surface area contributed by atoms with Crippen molar-refractivity contribution < 1.29 is 14.3 Å². The Morgan fingerprint density at radius 3 is 2.85 bits per heavy atom. The van der Waals surface area contributed by atoms with Gasteiger partial charge in [-0.3, -0.25) is 14.9 Å². The number of hydrogen-bond acceptors (Lipinski definition) is 8. The third-order valence-electron chi connectivity index (χ3n) is 3.64. The lowest BCUT2D eigenvalue weighted by molar-refractivity contribution is 0.0527. The normalized spacial score (nSPS) is 10.6. The van der Waals surface area contributed by atoms with Gasteiger partial charge in [0.1, 0.15) is 10.7 Å². The molecule has 3 aromatic rings. The van der Waals surface area contributed by atoms with Crippen LogP contribution in [0.2, 0.25) is 0 Å². The van der Waals surface area contributed by atoms with Crippen LogP contribution in [0.5, 0.6) is 0 Å². The Morgan fingerprint density at radius 2 is 2.15 bits per heavy atom. The summed E-state index contributed by atoms with van der Waals surface area (Å²) in [5.41, 5.74) is 1.82. The first kappa shape index (κ1) is 19.1. The topological polar surface area (TPSA) is 110 Å². The van der Waals surface area contributed by atoms with Gasteiger partial charge in [-0.25, -0.2) is 4.79 Å². The number of pyridine rings is 1. The van der Waals surface area contributed by atoms with Gasteiger partial charge in [0.05, 0.1) is 12.2 Å². The number of aromatic amines is 1. The molecule has 0 aromatic carbocycles. The number of nitrogens with zero attached hydrogens (tertiary/aromatic N) is 3. The predicted octanol–water partition coefficient (Wildman–Crippen LogP) is 4.05. The number of carbonyl (C=O) groups excluding carboxylic acids is 2. The molecule has 0 unspecified atom stereocenters. The van der Waals surface area contributed by atoms with Crippen LogP contribution >= 0.6 is 23.1 Å². The average molecular weight is 403 g/mol. The van der Waals surface area contributed by atoms with Crippen molar-refractivity contribution >= 4 is 39.3 Å². The maximum absolute atomic E-state index is 12.4. The van der Waals surface area contributed by atoms with Gasteiger partial charge in [-0.2, -0.15) is 4.98 Å². The Hall–Kier alpha value is -2.72. The zero-order valence-electron chi connectivity index (χ0n) is 14.9. The van der Waals surface area contributed by atoms with Crippen molar-refractivity contribution in [2.75, 3.05) is 11.9 Å². The highest BCUT2D eigenvalue weighted by molar-refractivity contribution is 8.13. The minimum Gasteiger partial charge on any atom is -0.462 e. The van der Waals surface area contributed by atoms with Gasteiger partial charge in [0, 0.05) is 22.8 Å². The fourth-order valence-electron chi connectivity index (χ4n) is 2.27. The van der Waals surface area contributed by atoms with E-state index < -0.39 is 11.2 Å². The maximum Gasteiger partial charge on any atom is 0.341 e. The second-order valence-electron chi connectivity index (χ2n) is 5.40. The second kappa shape index (κ2) is 8.31. The lowest BCUT2D eigenvalue weighted by Gasteiger charge is -2.05. The Morgan fingerprint density at radius 1 is 1.33 bits per heavy atom. The van der Waals surface area contributed by atoms with E-state index in [0.717, 1.165) is 22.2 Å². The molecule has 0 aliphatic rings. The van der Waals surface area contributed by atoms with Gasteiger partial charge in [-0.1, -0.05) is 6.07 Å². The fourth-order valence-corrected chi connectivity index (χ4v) is 3.93. The maximum atomic E-state index is 12.4. The van der Waals surface area contributed by atoms with Crippen LogP contribution < -0.4 is 5.32 Å². The van der Waals surface area contributed by atoms with Crippen LogP contribution in [-0.2, 0) is 4.74 Å². The summed E-state index contributed by atoms with van der Waals surface area (Å²) in [6, 6.07) is 5.43. The number of rotatable bonds is 5. The summed E-state index contributed by atoms with van der Waals surface area (Å²) in [6.45, 7) is 5.72. The second-order valence-corrected chi connectivity index (χ2v) is 7.57. The third-order valence-corrected chi connectivity index (χ3v) is 5.41. The quantitative estimate of drug-likeness (QED) is 0.488. The minimum absolute atomic E-state index is 0.260. The molecule has 0 saturated heterocycles. The molecule has 0 fully saturated rings. The number of thiophene rings is 1. The van der Waals surface area contributed by atoms with Crippen LogP contribution in [0.25, 0.3) is 11.5 Å². The molecule has 2 N–H and O–H groups in total. The number of anilines is 1. The summed E-state index contributed by atoms with van der Waals surface area (Å²) < 4.78 is 5.09. The number of nitrogens with one attached hydrogen (secondary N) is 2. The molecule has 0 saturated carbocycles. The number of hydrogen-bond donors (Lipinski definition) is 2. The van der Waals surface area contributed by atoms with Gasteiger partial charge in [0.25, 0.3) is 5.24 Å². The Labute approximate surface area is 163 Å². The smallest absolute Gasteiger partial charge is 0.341 e. The summed E-state index contributed by atoms with van der Waals surface area (Å²) in [5.74, 6) is 0.0240. The molecule has 3 rings (SSSR count). The zero-order chi connectivity index (χ0) is 19.4. The van der Waals surface area contributed by atoms with Crippen LogP contribution in [0.3, 0.4) is 0 Å². The summed E-state index contributed by atoms with van der Waals surface area (Å²) in [6.07, 6.45) is 1.65. The van der Waals surface area contributed by atoms with Crippen molar-refractivity contribution in [1.29, 1.82) is 0 Å². The number of aryl methyl sites for hydroxylation is 1. The molecular formula is C17H17N5O3S2. The highest BCUT2D eigenvalue weighted by Gasteiger charge is 2.23. The van der Waals surface area contributed by atoms with Crippen molar-refractivity contribution in [2.24, 2.45) is 0 Å². The van der Waals surface area contributed by atoms with Crippen LogP contribution in [0.1, 0.15) is 27.7 Å². The molecule has 8 nitrogen and oxygen atoms in total. The van der Waals surface area contributed by atoms with Crippen LogP contribution in [0.4, 0.5) is 9.80 Å². The number of aromatic nitrogens is 4. The van der Waals surface area contributed by atoms with Crippen LogP contribution in [0, 0.1) is 13.8 Å². The van der Waals surface area contributed by atoms with Gasteiger partial charge in [0.15, 0.2) is 5.82 Å². The lowest BCUT2D eigenvalue weighted by atomic mass is 10.1. The molecule has 1 amide bonds. The van der Waals surface area contributed by atoms with E-state index in [0.29, 0.717) is 22.1 Å². The fraction of sp³-hybridized carbons (Fsp3) is 0.235. The van der Waals surface area contributed by atoms with Crippen LogP contribution in [0.15, 0.2) is 29.6 Å².